The summed E-state index contributed by atoms with van der Waals surface area (Å²) in [5, 5.41) is 2.70. The molecule has 5 nitrogen and oxygen atoms in total. The fourth-order valence-corrected chi connectivity index (χ4v) is 2.00. The van der Waals surface area contributed by atoms with Gasteiger partial charge >= 0.3 is 6.09 Å². The fraction of sp³-hybridized carbons (Fsp3) is 0.231. The molecule has 2 rings (SSSR count). The third kappa shape index (κ3) is 4.90. The summed E-state index contributed by atoms with van der Waals surface area (Å²) in [4.78, 5) is 15.5. The molecule has 0 aliphatic heterocycles. The lowest BCUT2D eigenvalue weighted by Crippen LogP contribution is -2.27. The van der Waals surface area contributed by atoms with Crippen molar-refractivity contribution >= 4 is 28.7 Å². The molecule has 0 atom stereocenters. The number of carbonyl (C=O) groups excluding carboxylic acids is 1. The lowest BCUT2D eigenvalue weighted by atomic mass is 10.2. The zero-order valence-corrected chi connectivity index (χ0v) is 12.4. The number of halogens is 1. The molecule has 0 unspecified atom stereocenters. The highest BCUT2D eigenvalue weighted by Crippen LogP contribution is 2.01. The van der Waals surface area contributed by atoms with Gasteiger partial charge in [-0.2, -0.15) is 0 Å². The van der Waals surface area contributed by atoms with Crippen LogP contribution in [0.3, 0.4) is 0 Å². The van der Waals surface area contributed by atoms with Crippen LogP contribution in [0.1, 0.15) is 5.56 Å². The number of imidazole rings is 1. The second-order valence-electron chi connectivity index (χ2n) is 3.92. The second kappa shape index (κ2) is 7.13. The fourth-order valence-electron chi connectivity index (χ4n) is 1.52. The number of amides is 1. The zero-order chi connectivity index (χ0) is 13.5. The van der Waals surface area contributed by atoms with Crippen LogP contribution in [0.15, 0.2) is 42.9 Å². The van der Waals surface area contributed by atoms with Gasteiger partial charge in [-0.25, -0.2) is 9.78 Å². The predicted octanol–water partition coefficient (Wildman–Crippen LogP) is 2.41. The van der Waals surface area contributed by atoms with E-state index in [4.69, 9.17) is 4.74 Å². The van der Waals surface area contributed by atoms with Crippen molar-refractivity contribution in [2.75, 3.05) is 6.54 Å². The molecule has 0 spiro atoms. The van der Waals surface area contributed by atoms with Crippen LogP contribution in [-0.4, -0.2) is 22.2 Å². The Hall–Kier alpha value is -1.57. The second-order valence-corrected chi connectivity index (χ2v) is 5.03. The van der Waals surface area contributed by atoms with Crippen LogP contribution in [0.25, 0.3) is 0 Å². The molecule has 100 valence electrons. The van der Waals surface area contributed by atoms with E-state index in [2.05, 4.69) is 32.9 Å². The van der Waals surface area contributed by atoms with Crippen molar-refractivity contribution in [2.45, 2.75) is 13.2 Å². The van der Waals surface area contributed by atoms with Gasteiger partial charge in [0.2, 0.25) is 0 Å². The van der Waals surface area contributed by atoms with Crippen molar-refractivity contribution in [3.05, 3.63) is 52.1 Å². The molecule has 1 aromatic carbocycles. The molecule has 6 heteroatoms. The normalized spacial score (nSPS) is 10.2. The minimum Gasteiger partial charge on any atom is -0.445 e. The average molecular weight is 371 g/mol. The molecule has 0 aliphatic carbocycles. The van der Waals surface area contributed by atoms with Crippen molar-refractivity contribution < 1.29 is 9.53 Å². The largest absolute Gasteiger partial charge is 0.445 e. The topological polar surface area (TPSA) is 56.2 Å². The predicted molar refractivity (Wildman–Crippen MR) is 79.6 cm³/mol. The van der Waals surface area contributed by atoms with E-state index in [0.29, 0.717) is 13.1 Å². The van der Waals surface area contributed by atoms with Crippen LogP contribution in [0.4, 0.5) is 4.79 Å². The average Bonchev–Trinajstić information content (AvgIpc) is 2.83. The van der Waals surface area contributed by atoms with Crippen molar-refractivity contribution in [3.63, 3.8) is 0 Å². The monoisotopic (exact) mass is 371 g/mol. The third-order valence-corrected chi connectivity index (χ3v) is 3.01. The Kier molecular flexibility index (Phi) is 5.20. The number of benzene rings is 1. The molecular weight excluding hydrogens is 357 g/mol. The van der Waals surface area contributed by atoms with Gasteiger partial charge in [0, 0.05) is 19.3 Å². The van der Waals surface area contributed by atoms with Gasteiger partial charge in [0.15, 0.2) is 0 Å². The van der Waals surface area contributed by atoms with Gasteiger partial charge in [0.25, 0.3) is 0 Å². The van der Waals surface area contributed by atoms with Crippen LogP contribution in [0.2, 0.25) is 0 Å². The number of hydrogen-bond donors (Lipinski definition) is 1. The van der Waals surface area contributed by atoms with E-state index in [1.807, 2.05) is 41.1 Å². The number of ether oxygens (including phenoxy) is 1. The molecule has 0 bridgehead atoms. The Morgan fingerprint density at radius 1 is 1.37 bits per heavy atom. The highest BCUT2D eigenvalue weighted by molar-refractivity contribution is 14.1. The quantitative estimate of drug-likeness (QED) is 0.822. The Labute approximate surface area is 125 Å². The molecule has 0 fully saturated rings. The zero-order valence-electron chi connectivity index (χ0n) is 10.3. The maximum atomic E-state index is 11.5. The van der Waals surface area contributed by atoms with Gasteiger partial charge in [0.05, 0.1) is 6.33 Å². The highest BCUT2D eigenvalue weighted by Gasteiger charge is 2.02. The summed E-state index contributed by atoms with van der Waals surface area (Å²) < 4.78 is 7.95. The van der Waals surface area contributed by atoms with E-state index < -0.39 is 6.09 Å². The molecule has 1 aromatic heterocycles. The van der Waals surface area contributed by atoms with Crippen molar-refractivity contribution in [3.8, 4) is 0 Å². The first-order valence-corrected chi connectivity index (χ1v) is 6.94. The van der Waals surface area contributed by atoms with Crippen LogP contribution in [0.5, 0.6) is 0 Å². The van der Waals surface area contributed by atoms with E-state index in [9.17, 15) is 4.79 Å². The Balaban J connectivity index is 1.65. The summed E-state index contributed by atoms with van der Waals surface area (Å²) >= 11 is 2.14. The maximum Gasteiger partial charge on any atom is 0.407 e. The summed E-state index contributed by atoms with van der Waals surface area (Å²) in [5.41, 5.74) is 0.974. The first-order valence-electron chi connectivity index (χ1n) is 5.86. The van der Waals surface area contributed by atoms with Gasteiger partial charge in [-0.1, -0.05) is 30.3 Å². The van der Waals surface area contributed by atoms with E-state index in [1.165, 1.54) is 0 Å². The Morgan fingerprint density at radius 2 is 2.16 bits per heavy atom. The SMILES string of the molecule is O=C(NCCn1cnc(I)c1)OCc1ccccc1. The Morgan fingerprint density at radius 3 is 2.84 bits per heavy atom. The molecule has 1 amide bonds. The number of alkyl carbamates (subject to hydrolysis) is 1. The van der Waals surface area contributed by atoms with E-state index in [-0.39, 0.29) is 6.61 Å². The van der Waals surface area contributed by atoms with Gasteiger partial charge in [-0.15, -0.1) is 0 Å². The summed E-state index contributed by atoms with van der Waals surface area (Å²) in [6, 6.07) is 9.59. The highest BCUT2D eigenvalue weighted by atomic mass is 127. The number of aromatic nitrogens is 2. The molecule has 0 saturated heterocycles. The van der Waals surface area contributed by atoms with E-state index in [0.717, 1.165) is 9.26 Å². The molecule has 0 saturated carbocycles. The number of carbonyl (C=O) groups is 1. The molecule has 1 N–H and O–H groups in total. The minimum absolute atomic E-state index is 0.287. The van der Waals surface area contributed by atoms with Gasteiger partial charge in [-0.3, -0.25) is 0 Å². The summed E-state index contributed by atoms with van der Waals surface area (Å²) in [6.07, 6.45) is 3.25. The lowest BCUT2D eigenvalue weighted by Gasteiger charge is -2.07. The molecule has 2 aromatic rings. The van der Waals surface area contributed by atoms with Crippen molar-refractivity contribution in [1.29, 1.82) is 0 Å². The van der Waals surface area contributed by atoms with E-state index in [1.54, 1.807) is 6.33 Å². The number of hydrogen-bond acceptors (Lipinski definition) is 3. The van der Waals surface area contributed by atoms with E-state index >= 15 is 0 Å². The molecule has 19 heavy (non-hydrogen) atoms. The number of rotatable bonds is 5. The minimum atomic E-state index is -0.404. The lowest BCUT2D eigenvalue weighted by molar-refractivity contribution is 0.139. The van der Waals surface area contributed by atoms with Gasteiger partial charge in [0.1, 0.15) is 10.3 Å². The molecule has 1 heterocycles. The molecular formula is C13H14IN3O2. The van der Waals surface area contributed by atoms with Crippen LogP contribution >= 0.6 is 22.6 Å². The van der Waals surface area contributed by atoms with Crippen LogP contribution in [-0.2, 0) is 17.9 Å². The van der Waals surface area contributed by atoms with Gasteiger partial charge < -0.3 is 14.6 Å². The summed E-state index contributed by atoms with van der Waals surface area (Å²) in [6.45, 7) is 1.48. The van der Waals surface area contributed by atoms with Crippen molar-refractivity contribution in [1.82, 2.24) is 14.9 Å². The maximum absolute atomic E-state index is 11.5. The number of nitrogens with zero attached hydrogens (tertiary/aromatic N) is 2. The summed E-state index contributed by atoms with van der Waals surface area (Å²) in [7, 11) is 0. The Bertz CT molecular complexity index is 528. The van der Waals surface area contributed by atoms with Crippen LogP contribution in [0, 0.1) is 3.70 Å². The molecule has 0 radical (unpaired) electrons. The first-order chi connectivity index (χ1) is 9.24. The molecule has 0 aliphatic rings. The summed E-state index contributed by atoms with van der Waals surface area (Å²) in [5.74, 6) is 0. The number of nitrogens with one attached hydrogen (secondary N) is 1. The van der Waals surface area contributed by atoms with Gasteiger partial charge in [-0.05, 0) is 28.2 Å². The smallest absolute Gasteiger partial charge is 0.407 e. The standard InChI is InChI=1S/C13H14IN3O2/c14-12-8-17(10-16-12)7-6-15-13(18)19-9-11-4-2-1-3-5-11/h1-5,8,10H,6-7,9H2,(H,15,18). The first kappa shape index (κ1) is 13.9. The van der Waals surface area contributed by atoms with Crippen molar-refractivity contribution in [2.24, 2.45) is 0 Å². The van der Waals surface area contributed by atoms with Crippen LogP contribution < -0.4 is 5.32 Å². The third-order valence-electron chi connectivity index (χ3n) is 2.45.